The normalized spacial score (nSPS) is 26.1. The summed E-state index contributed by atoms with van der Waals surface area (Å²) in [6.45, 7) is 0. The number of hydrogen-bond acceptors (Lipinski definition) is 2. The van der Waals surface area contributed by atoms with Crippen molar-refractivity contribution < 1.29 is 4.42 Å². The van der Waals surface area contributed by atoms with Crippen molar-refractivity contribution in [3.8, 4) is 0 Å². The molecule has 24 heavy (non-hydrogen) atoms. The Hall–Kier alpha value is -2.06. The highest BCUT2D eigenvalue weighted by Crippen LogP contribution is 2.32. The van der Waals surface area contributed by atoms with Crippen LogP contribution in [0.15, 0.2) is 59.0 Å². The van der Waals surface area contributed by atoms with E-state index < -0.39 is 0 Å². The van der Waals surface area contributed by atoms with Crippen LogP contribution in [0.25, 0.3) is 11.0 Å². The molecule has 0 unspecified atom stereocenters. The predicted octanol–water partition coefficient (Wildman–Crippen LogP) is 4.51. The lowest BCUT2D eigenvalue weighted by Gasteiger charge is -2.40. The maximum absolute atomic E-state index is 6.08. The van der Waals surface area contributed by atoms with Gasteiger partial charge in [-0.05, 0) is 54.9 Å². The maximum atomic E-state index is 6.08. The van der Waals surface area contributed by atoms with E-state index in [1.165, 1.54) is 31.1 Å². The monoisotopic (exact) mass is 317 g/mol. The van der Waals surface area contributed by atoms with Gasteiger partial charge in [0.15, 0.2) is 0 Å². The Labute approximate surface area is 142 Å². The molecule has 2 aliphatic heterocycles. The number of rotatable bonds is 2. The van der Waals surface area contributed by atoms with Gasteiger partial charge in [0.05, 0.1) is 0 Å². The van der Waals surface area contributed by atoms with E-state index in [1.807, 2.05) is 6.07 Å². The predicted molar refractivity (Wildman–Crippen MR) is 97.2 cm³/mol. The van der Waals surface area contributed by atoms with Gasteiger partial charge in [-0.1, -0.05) is 42.5 Å². The molecule has 1 aromatic heterocycles. The van der Waals surface area contributed by atoms with Crippen LogP contribution in [0.2, 0.25) is 0 Å². The van der Waals surface area contributed by atoms with E-state index in [0.717, 1.165) is 17.8 Å². The van der Waals surface area contributed by atoms with Gasteiger partial charge in [-0.3, -0.25) is 0 Å². The molecule has 0 radical (unpaired) electrons. The van der Waals surface area contributed by atoms with E-state index >= 15 is 0 Å². The summed E-state index contributed by atoms with van der Waals surface area (Å²) in [6, 6.07) is 20.7. The van der Waals surface area contributed by atoms with Crippen molar-refractivity contribution in [2.45, 2.75) is 44.2 Å². The molecule has 2 aromatic carbocycles. The average molecular weight is 317 g/mol. The molecule has 1 aliphatic carbocycles. The number of fused-ring (bicyclic) bond motifs is 3. The Morgan fingerprint density at radius 1 is 0.917 bits per heavy atom. The third kappa shape index (κ3) is 2.55. The summed E-state index contributed by atoms with van der Waals surface area (Å²) in [5, 5.41) is 5.15. The van der Waals surface area contributed by atoms with E-state index in [2.05, 4.69) is 53.8 Å². The Morgan fingerprint density at radius 2 is 1.71 bits per heavy atom. The van der Waals surface area contributed by atoms with Gasteiger partial charge in [0, 0.05) is 23.9 Å². The minimum Gasteiger partial charge on any atom is -0.461 e. The van der Waals surface area contributed by atoms with Crippen LogP contribution in [0.1, 0.15) is 29.7 Å². The van der Waals surface area contributed by atoms with Crippen molar-refractivity contribution in [3.05, 3.63) is 71.5 Å². The lowest BCUT2D eigenvalue weighted by atomic mass is 9.76. The van der Waals surface area contributed by atoms with Crippen molar-refractivity contribution in [2.75, 3.05) is 0 Å². The second-order valence-corrected chi connectivity index (χ2v) is 7.44. The molecule has 3 aromatic rings. The first-order chi connectivity index (χ1) is 11.8. The van der Waals surface area contributed by atoms with E-state index in [4.69, 9.17) is 4.42 Å². The highest BCUT2D eigenvalue weighted by molar-refractivity contribution is 5.77. The molecule has 122 valence electrons. The number of hydrogen-bond donors (Lipinski definition) is 1. The Morgan fingerprint density at radius 3 is 2.58 bits per heavy atom. The third-order valence-electron chi connectivity index (χ3n) is 5.87. The first kappa shape index (κ1) is 14.3. The van der Waals surface area contributed by atoms with E-state index in [0.29, 0.717) is 18.0 Å². The Kier molecular flexibility index (Phi) is 3.45. The molecule has 0 spiro atoms. The largest absolute Gasteiger partial charge is 0.461 e. The van der Waals surface area contributed by atoms with Gasteiger partial charge < -0.3 is 9.73 Å². The second-order valence-electron chi connectivity index (χ2n) is 7.44. The SMILES string of the molecule is c1ccc2c(c1)C[C@H]1CC[C@@H](C2)[C@H](Cc2cc3ccccc3o2)N1. The smallest absolute Gasteiger partial charge is 0.134 e. The molecule has 1 fully saturated rings. The van der Waals surface area contributed by atoms with Crippen LogP contribution < -0.4 is 5.32 Å². The van der Waals surface area contributed by atoms with Gasteiger partial charge in [0.2, 0.25) is 0 Å². The van der Waals surface area contributed by atoms with Crippen molar-refractivity contribution in [2.24, 2.45) is 5.92 Å². The molecule has 2 nitrogen and oxygen atoms in total. The van der Waals surface area contributed by atoms with Crippen LogP contribution in [0.4, 0.5) is 0 Å². The van der Waals surface area contributed by atoms with Gasteiger partial charge in [-0.25, -0.2) is 0 Å². The van der Waals surface area contributed by atoms with Crippen LogP contribution >= 0.6 is 0 Å². The van der Waals surface area contributed by atoms with Crippen molar-refractivity contribution >= 4 is 11.0 Å². The van der Waals surface area contributed by atoms with E-state index in [1.54, 1.807) is 11.1 Å². The van der Waals surface area contributed by atoms with Gasteiger partial charge in [0.1, 0.15) is 11.3 Å². The first-order valence-corrected chi connectivity index (χ1v) is 9.15. The number of nitrogens with one attached hydrogen (secondary N) is 1. The first-order valence-electron chi connectivity index (χ1n) is 9.15. The van der Waals surface area contributed by atoms with Gasteiger partial charge in [-0.15, -0.1) is 0 Å². The molecule has 6 rings (SSSR count). The zero-order chi connectivity index (χ0) is 15.9. The summed E-state index contributed by atoms with van der Waals surface area (Å²) in [7, 11) is 0. The molecular formula is C22H23NO. The molecule has 0 amide bonds. The second kappa shape index (κ2) is 5.78. The lowest BCUT2D eigenvalue weighted by Crippen LogP contribution is -2.51. The Bertz CT molecular complexity index is 832. The van der Waals surface area contributed by atoms with Gasteiger partial charge in [-0.2, -0.15) is 0 Å². The van der Waals surface area contributed by atoms with E-state index in [9.17, 15) is 0 Å². The molecule has 3 atom stereocenters. The van der Waals surface area contributed by atoms with Gasteiger partial charge in [0.25, 0.3) is 0 Å². The molecule has 0 saturated carbocycles. The number of para-hydroxylation sites is 1. The van der Waals surface area contributed by atoms with Crippen molar-refractivity contribution in [3.63, 3.8) is 0 Å². The summed E-state index contributed by atoms with van der Waals surface area (Å²) in [5.74, 6) is 1.82. The Balaban J connectivity index is 1.43. The topological polar surface area (TPSA) is 25.2 Å². The molecular weight excluding hydrogens is 294 g/mol. The molecule has 3 aliphatic rings. The third-order valence-corrected chi connectivity index (χ3v) is 5.87. The van der Waals surface area contributed by atoms with Crippen molar-refractivity contribution in [1.82, 2.24) is 5.32 Å². The van der Waals surface area contributed by atoms with Crippen LogP contribution in [0.3, 0.4) is 0 Å². The molecule has 2 heteroatoms. The zero-order valence-electron chi connectivity index (χ0n) is 13.9. The van der Waals surface area contributed by atoms with Crippen LogP contribution in [0, 0.1) is 5.92 Å². The summed E-state index contributed by atoms with van der Waals surface area (Å²) in [4.78, 5) is 0. The quantitative estimate of drug-likeness (QED) is 0.752. The fraction of sp³-hybridized carbons (Fsp3) is 0.364. The molecule has 2 bridgehead atoms. The number of benzene rings is 2. The van der Waals surface area contributed by atoms with E-state index in [-0.39, 0.29) is 0 Å². The number of piperidine rings is 1. The van der Waals surface area contributed by atoms with Crippen LogP contribution in [-0.2, 0) is 19.3 Å². The molecule has 3 heterocycles. The minimum absolute atomic E-state index is 0.526. The summed E-state index contributed by atoms with van der Waals surface area (Å²) in [6.07, 6.45) is 5.99. The average Bonchev–Trinajstić information content (AvgIpc) is 2.98. The summed E-state index contributed by atoms with van der Waals surface area (Å²) >= 11 is 0. The molecule has 1 saturated heterocycles. The maximum Gasteiger partial charge on any atom is 0.134 e. The molecule has 1 N–H and O–H groups in total. The number of furan rings is 1. The van der Waals surface area contributed by atoms with Crippen LogP contribution in [-0.4, -0.2) is 12.1 Å². The highest BCUT2D eigenvalue weighted by atomic mass is 16.3. The minimum atomic E-state index is 0.526. The fourth-order valence-corrected chi connectivity index (χ4v) is 4.63. The van der Waals surface area contributed by atoms with Gasteiger partial charge >= 0.3 is 0 Å². The lowest BCUT2D eigenvalue weighted by molar-refractivity contribution is 0.211. The zero-order valence-corrected chi connectivity index (χ0v) is 13.9. The van der Waals surface area contributed by atoms with Crippen molar-refractivity contribution in [1.29, 1.82) is 0 Å². The highest BCUT2D eigenvalue weighted by Gasteiger charge is 2.33. The van der Waals surface area contributed by atoms with Crippen LogP contribution in [0.5, 0.6) is 0 Å². The standard InChI is InChI=1S/C22H23NO/c1-2-6-16-12-19-10-9-17(11-15(16)5-1)21(23-19)14-20-13-18-7-3-4-8-22(18)24-20/h1-8,13,17,19,21,23H,9-12,14H2/t17-,19+,21-/m0/s1. The summed E-state index contributed by atoms with van der Waals surface area (Å²) in [5.41, 5.74) is 4.11. The summed E-state index contributed by atoms with van der Waals surface area (Å²) < 4.78 is 6.08. The fourth-order valence-electron chi connectivity index (χ4n) is 4.63.